The minimum Gasteiger partial charge on any atom is -0.436 e. The number of rotatable bonds is 3. The van der Waals surface area contributed by atoms with Crippen molar-refractivity contribution in [3.63, 3.8) is 0 Å². The van der Waals surface area contributed by atoms with E-state index in [0.717, 1.165) is 22.4 Å². The molecule has 5 heterocycles. The normalized spacial score (nSPS) is 14.2. The third kappa shape index (κ3) is 3.95. The minimum atomic E-state index is -0.565. The lowest BCUT2D eigenvalue weighted by Crippen LogP contribution is -2.62. The smallest absolute Gasteiger partial charge is 0.333 e. The number of para-hydroxylation sites is 2. The van der Waals surface area contributed by atoms with Gasteiger partial charge in [-0.05, 0) is 98.4 Å². The van der Waals surface area contributed by atoms with Gasteiger partial charge in [-0.3, -0.25) is 0 Å². The van der Waals surface area contributed by atoms with Gasteiger partial charge in [0, 0.05) is 45.0 Å². The SMILES string of the molecule is Cc1cc2c3c4c1c1cc5ccccc5cc1n4-c1cc4oc(-c5ccccc5)nc4cc1B3N1c3ccccc3C(c3ccccc3)(c3ccccc3)c3cccc-2c31. The quantitative estimate of drug-likeness (QED) is 0.168. The van der Waals surface area contributed by atoms with Gasteiger partial charge >= 0.3 is 6.85 Å². The highest BCUT2D eigenvalue weighted by atomic mass is 16.3. The maximum atomic E-state index is 6.68. The van der Waals surface area contributed by atoms with Gasteiger partial charge in [0.25, 0.3) is 0 Å². The summed E-state index contributed by atoms with van der Waals surface area (Å²) in [4.78, 5) is 7.87. The van der Waals surface area contributed by atoms with E-state index in [1.807, 2.05) is 18.2 Å². The van der Waals surface area contributed by atoms with E-state index in [4.69, 9.17) is 9.40 Å². The Morgan fingerprint density at radius 2 is 1.25 bits per heavy atom. The highest BCUT2D eigenvalue weighted by Gasteiger charge is 2.53. The van der Waals surface area contributed by atoms with Crippen LogP contribution >= 0.6 is 0 Å². The first-order chi connectivity index (χ1) is 29.7. The molecule has 278 valence electrons. The standard InChI is InChI=1S/C55H34BN3O/c1-33-28-40-39-24-15-26-43-52(39)59(46-27-14-13-25-42(46)55(43,37-20-7-3-8-21-37)38-22-9-4-10-23-38)56-44-31-45-49(60-54(57-45)34-16-5-2-6-17-34)32-48(44)58-47-30-36-19-12-11-18-35(36)29-41(47)50(33)53(58)51(40)56/h2-32H,1H3. The fourth-order valence-electron chi connectivity index (χ4n) is 11.4. The van der Waals surface area contributed by atoms with Crippen molar-refractivity contribution in [3.8, 4) is 28.3 Å². The Hall–Kier alpha value is -7.63. The first kappa shape index (κ1) is 32.3. The molecule has 0 spiro atoms. The molecule has 0 N–H and O–H groups in total. The second-order valence-electron chi connectivity index (χ2n) is 16.7. The van der Waals surface area contributed by atoms with E-state index < -0.39 is 5.41 Å². The van der Waals surface area contributed by atoms with Gasteiger partial charge in [0.05, 0.1) is 16.4 Å². The Morgan fingerprint density at radius 3 is 2.02 bits per heavy atom. The third-order valence-corrected chi connectivity index (χ3v) is 13.7. The number of hydrogen-bond acceptors (Lipinski definition) is 3. The highest BCUT2D eigenvalue weighted by Crippen LogP contribution is 2.60. The van der Waals surface area contributed by atoms with Crippen molar-refractivity contribution in [2.75, 3.05) is 4.81 Å². The first-order valence-electron chi connectivity index (χ1n) is 20.8. The van der Waals surface area contributed by atoms with Crippen molar-refractivity contribution >= 4 is 72.8 Å². The summed E-state index contributed by atoms with van der Waals surface area (Å²) in [5.41, 5.74) is 19.5. The van der Waals surface area contributed by atoms with Gasteiger partial charge in [-0.1, -0.05) is 146 Å². The molecule has 4 nitrogen and oxygen atoms in total. The molecular formula is C55H34BN3O. The van der Waals surface area contributed by atoms with Crippen molar-refractivity contribution in [2.24, 2.45) is 0 Å². The molecule has 0 unspecified atom stereocenters. The molecule has 0 radical (unpaired) electrons. The summed E-state index contributed by atoms with van der Waals surface area (Å²) in [5, 5.41) is 5.04. The number of oxazole rings is 1. The molecule has 0 amide bonds. The average molecular weight is 764 g/mol. The van der Waals surface area contributed by atoms with Crippen LogP contribution in [-0.4, -0.2) is 16.4 Å². The Bertz CT molecular complexity index is 3590. The summed E-state index contributed by atoms with van der Waals surface area (Å²) in [6.45, 7) is 2.16. The largest absolute Gasteiger partial charge is 0.436 e. The predicted octanol–water partition coefficient (Wildman–Crippen LogP) is 12.0. The van der Waals surface area contributed by atoms with Crippen LogP contribution in [0.5, 0.6) is 0 Å². The monoisotopic (exact) mass is 763 g/mol. The maximum absolute atomic E-state index is 6.68. The number of fused-ring (bicyclic) bond motifs is 12. The van der Waals surface area contributed by atoms with Crippen LogP contribution in [0.3, 0.4) is 0 Å². The molecule has 0 saturated carbocycles. The van der Waals surface area contributed by atoms with Gasteiger partial charge in [-0.2, -0.15) is 0 Å². The van der Waals surface area contributed by atoms with Crippen LogP contribution in [0.2, 0.25) is 0 Å². The van der Waals surface area contributed by atoms with Gasteiger partial charge < -0.3 is 13.8 Å². The van der Waals surface area contributed by atoms with Crippen molar-refractivity contribution in [2.45, 2.75) is 12.3 Å². The molecule has 0 aliphatic carbocycles. The molecule has 0 bridgehead atoms. The Labute approximate surface area is 346 Å². The molecule has 0 saturated heterocycles. The van der Waals surface area contributed by atoms with Crippen LogP contribution in [0.1, 0.15) is 27.8 Å². The van der Waals surface area contributed by atoms with Gasteiger partial charge in [0.15, 0.2) is 5.58 Å². The molecule has 5 heteroatoms. The van der Waals surface area contributed by atoms with E-state index in [1.165, 1.54) is 93.8 Å². The molecule has 14 rings (SSSR count). The number of hydrogen-bond donors (Lipinski definition) is 0. The van der Waals surface area contributed by atoms with Crippen LogP contribution in [0, 0.1) is 6.92 Å². The Morgan fingerprint density at radius 1 is 0.583 bits per heavy atom. The van der Waals surface area contributed by atoms with Crippen molar-refractivity contribution in [3.05, 3.63) is 216 Å². The first-order valence-corrected chi connectivity index (χ1v) is 20.8. The van der Waals surface area contributed by atoms with Gasteiger partial charge in [0.1, 0.15) is 5.52 Å². The van der Waals surface area contributed by atoms with E-state index >= 15 is 0 Å². The third-order valence-electron chi connectivity index (χ3n) is 13.7. The zero-order valence-corrected chi connectivity index (χ0v) is 32.7. The lowest BCUT2D eigenvalue weighted by Gasteiger charge is -2.51. The molecule has 0 fully saturated rings. The van der Waals surface area contributed by atoms with Crippen LogP contribution in [0.25, 0.3) is 71.9 Å². The number of aromatic nitrogens is 2. The number of aryl methyl sites for hydroxylation is 1. The highest BCUT2D eigenvalue weighted by molar-refractivity contribution is 6.94. The van der Waals surface area contributed by atoms with E-state index in [9.17, 15) is 0 Å². The summed E-state index contributed by atoms with van der Waals surface area (Å²) in [6, 6.07) is 69.3. The lowest BCUT2D eigenvalue weighted by atomic mass is 9.42. The molecule has 3 aliphatic heterocycles. The Kier molecular flexibility index (Phi) is 6.21. The summed E-state index contributed by atoms with van der Waals surface area (Å²) in [7, 11) is 0. The molecule has 3 aliphatic rings. The minimum absolute atomic E-state index is 0.148. The van der Waals surface area contributed by atoms with E-state index in [2.05, 4.69) is 186 Å². The van der Waals surface area contributed by atoms with Crippen molar-refractivity contribution < 1.29 is 4.42 Å². The molecule has 2 aromatic heterocycles. The number of benzene rings is 9. The summed E-state index contributed by atoms with van der Waals surface area (Å²) in [5.74, 6) is 0.630. The number of nitrogens with zero attached hydrogens (tertiary/aromatic N) is 3. The molecule has 60 heavy (non-hydrogen) atoms. The lowest BCUT2D eigenvalue weighted by molar-refractivity contribution is 0.619. The van der Waals surface area contributed by atoms with Crippen LogP contribution in [0.15, 0.2) is 192 Å². The number of anilines is 2. The average Bonchev–Trinajstić information content (AvgIpc) is 3.88. The van der Waals surface area contributed by atoms with E-state index in [-0.39, 0.29) is 6.85 Å². The van der Waals surface area contributed by atoms with Crippen molar-refractivity contribution in [1.82, 2.24) is 9.55 Å². The van der Waals surface area contributed by atoms with Gasteiger partial charge in [0.2, 0.25) is 5.89 Å². The fourth-order valence-corrected chi connectivity index (χ4v) is 11.4. The Balaban J connectivity index is 1.17. The van der Waals surface area contributed by atoms with Crippen LogP contribution in [-0.2, 0) is 5.41 Å². The van der Waals surface area contributed by atoms with Gasteiger partial charge in [-0.25, -0.2) is 4.98 Å². The van der Waals surface area contributed by atoms with Crippen molar-refractivity contribution in [1.29, 1.82) is 0 Å². The van der Waals surface area contributed by atoms with E-state index in [1.54, 1.807) is 0 Å². The molecule has 11 aromatic rings. The molecular weight excluding hydrogens is 729 g/mol. The fraction of sp³-hybridized carbons (Fsp3) is 0.0364. The van der Waals surface area contributed by atoms with Crippen LogP contribution < -0.4 is 15.7 Å². The second kappa shape index (κ2) is 11.5. The molecule has 9 aromatic carbocycles. The van der Waals surface area contributed by atoms with Crippen LogP contribution in [0.4, 0.5) is 11.4 Å². The topological polar surface area (TPSA) is 34.2 Å². The van der Waals surface area contributed by atoms with E-state index in [0.29, 0.717) is 5.89 Å². The summed E-state index contributed by atoms with van der Waals surface area (Å²) >= 11 is 0. The maximum Gasteiger partial charge on any atom is 0.333 e. The summed E-state index contributed by atoms with van der Waals surface area (Å²) < 4.78 is 9.22. The second-order valence-corrected chi connectivity index (χ2v) is 16.7. The predicted molar refractivity (Wildman–Crippen MR) is 247 cm³/mol. The summed E-state index contributed by atoms with van der Waals surface area (Å²) in [6.07, 6.45) is 0. The van der Waals surface area contributed by atoms with Gasteiger partial charge in [-0.15, -0.1) is 0 Å². The zero-order chi connectivity index (χ0) is 39.3. The zero-order valence-electron chi connectivity index (χ0n) is 32.7. The molecule has 0 atom stereocenters.